The first kappa shape index (κ1) is 17.8. The van der Waals surface area contributed by atoms with E-state index in [-0.39, 0.29) is 5.37 Å². The normalized spacial score (nSPS) is 18.7. The van der Waals surface area contributed by atoms with Crippen LogP contribution in [0.15, 0.2) is 51.8 Å². The molecule has 1 aliphatic rings. The Labute approximate surface area is 155 Å². The lowest BCUT2D eigenvalue weighted by Crippen LogP contribution is -2.30. The molecule has 0 aliphatic carbocycles. The van der Waals surface area contributed by atoms with Crippen molar-refractivity contribution in [1.29, 1.82) is 0 Å². The first-order valence-electron chi connectivity index (χ1n) is 7.47. The van der Waals surface area contributed by atoms with Crippen LogP contribution < -0.4 is 4.74 Å². The summed E-state index contributed by atoms with van der Waals surface area (Å²) in [4.78, 5) is 0.328. The molecule has 4 nitrogen and oxygen atoms in total. The quantitative estimate of drug-likeness (QED) is 0.733. The minimum atomic E-state index is -3.55. The molecule has 3 rings (SSSR count). The summed E-state index contributed by atoms with van der Waals surface area (Å²) in [6.45, 7) is 2.43. The zero-order valence-corrected chi connectivity index (χ0v) is 16.6. The molecular weight excluding hydrogens is 410 g/mol. The van der Waals surface area contributed by atoms with Crippen LogP contribution in [0.1, 0.15) is 16.5 Å². The highest BCUT2D eigenvalue weighted by Gasteiger charge is 2.38. The zero-order valence-electron chi connectivity index (χ0n) is 13.4. The second kappa shape index (κ2) is 7.07. The molecule has 0 radical (unpaired) electrons. The Bertz CT molecular complexity index is 837. The third-order valence-electron chi connectivity index (χ3n) is 3.93. The number of hydrogen-bond donors (Lipinski definition) is 0. The van der Waals surface area contributed by atoms with Gasteiger partial charge in [-0.1, -0.05) is 33.6 Å². The van der Waals surface area contributed by atoms with Crippen molar-refractivity contribution >= 4 is 37.7 Å². The Morgan fingerprint density at radius 3 is 2.58 bits per heavy atom. The third kappa shape index (κ3) is 3.35. The second-order valence-electron chi connectivity index (χ2n) is 5.54. The summed E-state index contributed by atoms with van der Waals surface area (Å²) in [5, 5.41) is -0.288. The van der Waals surface area contributed by atoms with Gasteiger partial charge in [0.05, 0.1) is 17.4 Å². The molecule has 1 heterocycles. The summed E-state index contributed by atoms with van der Waals surface area (Å²) in [5.41, 5.74) is 1.90. The largest absolute Gasteiger partial charge is 0.496 e. The van der Waals surface area contributed by atoms with Gasteiger partial charge in [0.25, 0.3) is 0 Å². The molecule has 0 aromatic heterocycles. The minimum Gasteiger partial charge on any atom is -0.496 e. The van der Waals surface area contributed by atoms with Crippen molar-refractivity contribution in [3.05, 3.63) is 58.1 Å². The molecule has 7 heteroatoms. The average molecular weight is 428 g/mol. The molecule has 1 fully saturated rings. The van der Waals surface area contributed by atoms with E-state index in [0.29, 0.717) is 17.2 Å². The van der Waals surface area contributed by atoms with Gasteiger partial charge in [-0.3, -0.25) is 0 Å². The van der Waals surface area contributed by atoms with Gasteiger partial charge >= 0.3 is 0 Å². The Hall–Kier alpha value is -1.02. The monoisotopic (exact) mass is 427 g/mol. The van der Waals surface area contributed by atoms with E-state index in [9.17, 15) is 8.42 Å². The van der Waals surface area contributed by atoms with E-state index in [0.717, 1.165) is 21.4 Å². The Balaban J connectivity index is 2.02. The van der Waals surface area contributed by atoms with Crippen molar-refractivity contribution in [1.82, 2.24) is 4.31 Å². The summed E-state index contributed by atoms with van der Waals surface area (Å²) in [6, 6.07) is 12.7. The van der Waals surface area contributed by atoms with Gasteiger partial charge in [0, 0.05) is 22.3 Å². The van der Waals surface area contributed by atoms with E-state index >= 15 is 0 Å². The van der Waals surface area contributed by atoms with Crippen LogP contribution in [-0.2, 0) is 10.0 Å². The third-order valence-corrected chi connectivity index (χ3v) is 7.68. The maximum absolute atomic E-state index is 13.1. The smallest absolute Gasteiger partial charge is 0.244 e. The predicted octanol–water partition coefficient (Wildman–Crippen LogP) is 4.20. The van der Waals surface area contributed by atoms with E-state index < -0.39 is 10.0 Å². The van der Waals surface area contributed by atoms with Crippen molar-refractivity contribution in [2.75, 3.05) is 19.4 Å². The Morgan fingerprint density at radius 2 is 1.92 bits per heavy atom. The fourth-order valence-corrected chi connectivity index (χ4v) is 6.32. The number of aryl methyl sites for hydroxylation is 1. The summed E-state index contributed by atoms with van der Waals surface area (Å²) >= 11 is 5.08. The lowest BCUT2D eigenvalue weighted by molar-refractivity contribution is 0.390. The highest BCUT2D eigenvalue weighted by molar-refractivity contribution is 9.10. The van der Waals surface area contributed by atoms with Crippen LogP contribution in [0.4, 0.5) is 0 Å². The van der Waals surface area contributed by atoms with Gasteiger partial charge in [-0.2, -0.15) is 4.31 Å². The average Bonchev–Trinajstić information content (AvgIpc) is 3.05. The van der Waals surface area contributed by atoms with E-state index in [1.165, 1.54) is 0 Å². The minimum absolute atomic E-state index is 0.288. The maximum Gasteiger partial charge on any atom is 0.244 e. The van der Waals surface area contributed by atoms with Crippen LogP contribution in [-0.4, -0.2) is 32.1 Å². The second-order valence-corrected chi connectivity index (χ2v) is 9.53. The Kier molecular flexibility index (Phi) is 5.24. The number of halogens is 1. The summed E-state index contributed by atoms with van der Waals surface area (Å²) in [7, 11) is -1.95. The van der Waals surface area contributed by atoms with Crippen molar-refractivity contribution in [3.8, 4) is 5.75 Å². The fraction of sp³-hybridized carbons (Fsp3) is 0.294. The van der Waals surface area contributed by atoms with E-state index in [1.807, 2.05) is 37.3 Å². The summed E-state index contributed by atoms with van der Waals surface area (Å²) in [6.07, 6.45) is 0. The van der Waals surface area contributed by atoms with Crippen LogP contribution in [0, 0.1) is 6.92 Å². The molecule has 1 atom stereocenters. The molecule has 1 unspecified atom stereocenters. The molecule has 2 aromatic rings. The molecule has 0 N–H and O–H groups in total. The van der Waals surface area contributed by atoms with Gasteiger partial charge in [0.15, 0.2) is 0 Å². The fourth-order valence-electron chi connectivity index (χ4n) is 2.69. The van der Waals surface area contributed by atoms with E-state index in [2.05, 4.69) is 15.9 Å². The van der Waals surface area contributed by atoms with Crippen LogP contribution in [0.5, 0.6) is 5.75 Å². The number of thioether (sulfide) groups is 1. The molecule has 2 aromatic carbocycles. The highest BCUT2D eigenvalue weighted by Crippen LogP contribution is 2.45. The van der Waals surface area contributed by atoms with Gasteiger partial charge in [0.1, 0.15) is 5.75 Å². The van der Waals surface area contributed by atoms with Gasteiger partial charge in [-0.25, -0.2) is 8.42 Å². The number of methoxy groups -OCH3 is 1. The highest BCUT2D eigenvalue weighted by atomic mass is 79.9. The van der Waals surface area contributed by atoms with Crippen molar-refractivity contribution in [2.45, 2.75) is 17.2 Å². The van der Waals surface area contributed by atoms with Crippen LogP contribution in [0.25, 0.3) is 0 Å². The van der Waals surface area contributed by atoms with Gasteiger partial charge < -0.3 is 4.74 Å². The van der Waals surface area contributed by atoms with Crippen molar-refractivity contribution < 1.29 is 13.2 Å². The molecule has 0 bridgehead atoms. The molecule has 128 valence electrons. The standard InChI is InChI=1S/C17H18BrNO3S2/c1-12-3-6-14(7-4-12)24(20,21)19-9-10-23-17(19)15-11-13(18)5-8-16(15)22-2/h3-8,11,17H,9-10H2,1-2H3. The number of rotatable bonds is 4. The van der Waals surface area contributed by atoms with Gasteiger partial charge in [-0.15, -0.1) is 11.8 Å². The molecular formula is C17H18BrNO3S2. The van der Waals surface area contributed by atoms with Crippen LogP contribution in [0.3, 0.4) is 0 Å². The lowest BCUT2D eigenvalue weighted by Gasteiger charge is -2.25. The maximum atomic E-state index is 13.1. The van der Waals surface area contributed by atoms with Crippen molar-refractivity contribution in [2.24, 2.45) is 0 Å². The predicted molar refractivity (Wildman–Crippen MR) is 101 cm³/mol. The zero-order chi connectivity index (χ0) is 17.3. The number of sulfonamides is 1. The van der Waals surface area contributed by atoms with Gasteiger partial charge in [0.2, 0.25) is 10.0 Å². The first-order chi connectivity index (χ1) is 11.4. The van der Waals surface area contributed by atoms with E-state index in [4.69, 9.17) is 4.74 Å². The SMILES string of the molecule is COc1ccc(Br)cc1C1SCCN1S(=O)(=O)c1ccc(C)cc1. The van der Waals surface area contributed by atoms with Crippen LogP contribution in [0.2, 0.25) is 0 Å². The molecule has 1 saturated heterocycles. The molecule has 24 heavy (non-hydrogen) atoms. The number of ether oxygens (including phenoxy) is 1. The van der Waals surface area contributed by atoms with Crippen LogP contribution >= 0.6 is 27.7 Å². The molecule has 0 saturated carbocycles. The lowest BCUT2D eigenvalue weighted by atomic mass is 10.2. The summed E-state index contributed by atoms with van der Waals surface area (Å²) in [5.74, 6) is 1.45. The molecule has 0 amide bonds. The van der Waals surface area contributed by atoms with Crippen molar-refractivity contribution in [3.63, 3.8) is 0 Å². The first-order valence-corrected chi connectivity index (χ1v) is 10.8. The van der Waals surface area contributed by atoms with Gasteiger partial charge in [-0.05, 0) is 37.3 Å². The Morgan fingerprint density at radius 1 is 1.21 bits per heavy atom. The van der Waals surface area contributed by atoms with E-state index in [1.54, 1.807) is 35.3 Å². The summed E-state index contributed by atoms with van der Waals surface area (Å²) < 4.78 is 34.1. The number of benzene rings is 2. The molecule has 1 aliphatic heterocycles. The molecule has 0 spiro atoms. The number of nitrogens with zero attached hydrogens (tertiary/aromatic N) is 1. The topological polar surface area (TPSA) is 46.6 Å². The number of hydrogen-bond acceptors (Lipinski definition) is 4.